The van der Waals surface area contributed by atoms with Crippen molar-refractivity contribution in [3.8, 4) is 73.4 Å². The second-order valence-corrected chi connectivity index (χ2v) is 13.6. The molecule has 0 amide bonds. The van der Waals surface area contributed by atoms with Crippen LogP contribution in [-0.4, -0.2) is 15.0 Å². The second-order valence-electron chi connectivity index (χ2n) is 13.6. The zero-order valence-electron chi connectivity index (χ0n) is 28.3. The van der Waals surface area contributed by atoms with Crippen LogP contribution in [0.3, 0.4) is 0 Å². The average molecular weight is 653 g/mol. The molecule has 4 heteroatoms. The smallest absolute Gasteiger partial charge is 0.160 e. The lowest BCUT2D eigenvalue weighted by molar-refractivity contribution is 0.661. The first-order valence-corrected chi connectivity index (χ1v) is 17.2. The van der Waals surface area contributed by atoms with Gasteiger partial charge in [0.1, 0.15) is 0 Å². The summed E-state index contributed by atoms with van der Waals surface area (Å²) in [5.74, 6) is 0.684. The van der Waals surface area contributed by atoms with Gasteiger partial charge in [0.15, 0.2) is 5.82 Å². The third kappa shape index (κ3) is 5.19. The maximum Gasteiger partial charge on any atom is 0.160 e. The van der Waals surface area contributed by atoms with E-state index in [9.17, 15) is 5.26 Å². The number of fused-ring (bicyclic) bond motifs is 5. The maximum atomic E-state index is 9.84. The number of pyridine rings is 1. The van der Waals surface area contributed by atoms with E-state index >= 15 is 0 Å². The van der Waals surface area contributed by atoms with Crippen molar-refractivity contribution >= 4 is 10.8 Å². The topological polar surface area (TPSA) is 62.5 Å². The fourth-order valence-corrected chi connectivity index (χ4v) is 7.58. The molecule has 4 nitrogen and oxygen atoms in total. The Bertz CT molecular complexity index is 2600. The van der Waals surface area contributed by atoms with Crippen LogP contribution < -0.4 is 0 Å². The number of hydrogen-bond donors (Lipinski definition) is 0. The van der Waals surface area contributed by atoms with Crippen molar-refractivity contribution in [3.05, 3.63) is 175 Å². The summed E-state index contributed by atoms with van der Waals surface area (Å²) >= 11 is 0. The van der Waals surface area contributed by atoms with Gasteiger partial charge in [-0.25, -0.2) is 9.97 Å². The van der Waals surface area contributed by atoms with Crippen LogP contribution >= 0.6 is 0 Å². The van der Waals surface area contributed by atoms with E-state index in [4.69, 9.17) is 9.97 Å². The van der Waals surface area contributed by atoms with E-state index < -0.39 is 0 Å². The molecule has 2 heterocycles. The number of nitriles is 1. The van der Waals surface area contributed by atoms with Gasteiger partial charge in [0.2, 0.25) is 0 Å². The summed E-state index contributed by atoms with van der Waals surface area (Å²) < 4.78 is 0. The minimum absolute atomic E-state index is 0.219. The fraction of sp³-hybridized carbons (Fsp3) is 0.0638. The Morgan fingerprint density at radius 3 is 1.92 bits per heavy atom. The van der Waals surface area contributed by atoms with Crippen LogP contribution in [0.2, 0.25) is 0 Å². The number of benzene rings is 6. The summed E-state index contributed by atoms with van der Waals surface area (Å²) in [6, 6.07) is 52.9. The Balaban J connectivity index is 1.24. The molecule has 0 atom stereocenters. The Labute approximate surface area is 297 Å². The molecule has 1 aliphatic carbocycles. The van der Waals surface area contributed by atoms with Crippen molar-refractivity contribution < 1.29 is 0 Å². The molecule has 9 rings (SSSR count). The minimum Gasteiger partial charge on any atom is -0.264 e. The Kier molecular flexibility index (Phi) is 7.15. The minimum atomic E-state index is -0.219. The van der Waals surface area contributed by atoms with Crippen molar-refractivity contribution in [2.45, 2.75) is 19.3 Å². The van der Waals surface area contributed by atoms with Gasteiger partial charge in [-0.3, -0.25) is 4.98 Å². The van der Waals surface area contributed by atoms with Crippen molar-refractivity contribution in [1.82, 2.24) is 15.0 Å². The summed E-state index contributed by atoms with van der Waals surface area (Å²) in [5, 5.41) is 12.0. The first-order valence-electron chi connectivity index (χ1n) is 17.2. The number of hydrogen-bond acceptors (Lipinski definition) is 4. The SMILES string of the molecule is CC1(C)c2cc(-c3cc(-c4cccnc4)cc(-c4cc(-c5ccccc5)nc(-c5ccccc5)n4)c3)ccc2-c2c1ccc1c(C#N)cccc21. The summed E-state index contributed by atoms with van der Waals surface area (Å²) in [5.41, 5.74) is 14.5. The number of rotatable bonds is 5. The van der Waals surface area contributed by atoms with Crippen molar-refractivity contribution in [2.24, 2.45) is 0 Å². The zero-order valence-corrected chi connectivity index (χ0v) is 28.3. The molecule has 2 aromatic heterocycles. The van der Waals surface area contributed by atoms with E-state index in [1.807, 2.05) is 60.8 Å². The van der Waals surface area contributed by atoms with Gasteiger partial charge in [0.05, 0.1) is 23.0 Å². The van der Waals surface area contributed by atoms with E-state index in [-0.39, 0.29) is 5.41 Å². The molecule has 0 bridgehead atoms. The zero-order chi connectivity index (χ0) is 34.5. The molecular formula is C47H32N4. The van der Waals surface area contributed by atoms with Crippen LogP contribution in [0.4, 0.5) is 0 Å². The average Bonchev–Trinajstić information content (AvgIpc) is 3.43. The van der Waals surface area contributed by atoms with Crippen molar-refractivity contribution in [3.63, 3.8) is 0 Å². The first kappa shape index (κ1) is 30.4. The highest BCUT2D eigenvalue weighted by Gasteiger charge is 2.36. The second kappa shape index (κ2) is 12.0. The van der Waals surface area contributed by atoms with E-state index in [0.29, 0.717) is 11.4 Å². The van der Waals surface area contributed by atoms with Gasteiger partial charge in [-0.15, -0.1) is 0 Å². The molecular weight excluding hydrogens is 621 g/mol. The quantitative estimate of drug-likeness (QED) is 0.186. The van der Waals surface area contributed by atoms with Crippen LogP contribution in [-0.2, 0) is 5.41 Å². The Morgan fingerprint density at radius 2 is 1.20 bits per heavy atom. The molecule has 240 valence electrons. The van der Waals surface area contributed by atoms with Gasteiger partial charge in [-0.2, -0.15) is 5.26 Å². The molecule has 51 heavy (non-hydrogen) atoms. The largest absolute Gasteiger partial charge is 0.264 e. The number of nitrogens with zero attached hydrogens (tertiary/aromatic N) is 4. The monoisotopic (exact) mass is 652 g/mol. The maximum absolute atomic E-state index is 9.84. The molecule has 0 aliphatic heterocycles. The molecule has 0 N–H and O–H groups in total. The highest BCUT2D eigenvalue weighted by atomic mass is 14.9. The van der Waals surface area contributed by atoms with E-state index in [2.05, 4.69) is 116 Å². The summed E-state index contributed by atoms with van der Waals surface area (Å²) in [7, 11) is 0. The van der Waals surface area contributed by atoms with Gasteiger partial charge in [0.25, 0.3) is 0 Å². The van der Waals surface area contributed by atoms with Gasteiger partial charge in [0, 0.05) is 45.4 Å². The highest BCUT2D eigenvalue weighted by Crippen LogP contribution is 2.52. The normalized spacial score (nSPS) is 12.6. The highest BCUT2D eigenvalue weighted by molar-refractivity contribution is 6.04. The molecule has 0 unspecified atom stereocenters. The van der Waals surface area contributed by atoms with Crippen LogP contribution in [0.25, 0.3) is 78.1 Å². The molecule has 0 spiro atoms. The first-order chi connectivity index (χ1) is 25.0. The third-order valence-corrected chi connectivity index (χ3v) is 10.2. The summed E-state index contributed by atoms with van der Waals surface area (Å²) in [6.45, 7) is 4.60. The van der Waals surface area contributed by atoms with Gasteiger partial charge < -0.3 is 0 Å². The van der Waals surface area contributed by atoms with Crippen LogP contribution in [0.15, 0.2) is 158 Å². The Morgan fingerprint density at radius 1 is 0.510 bits per heavy atom. The predicted molar refractivity (Wildman–Crippen MR) is 207 cm³/mol. The molecule has 1 aliphatic rings. The fourth-order valence-electron chi connectivity index (χ4n) is 7.58. The van der Waals surface area contributed by atoms with Crippen LogP contribution in [0.5, 0.6) is 0 Å². The molecule has 0 fully saturated rings. The summed E-state index contributed by atoms with van der Waals surface area (Å²) in [6.07, 6.45) is 3.72. The lowest BCUT2D eigenvalue weighted by atomic mass is 9.81. The van der Waals surface area contributed by atoms with E-state index in [1.165, 1.54) is 22.3 Å². The van der Waals surface area contributed by atoms with Crippen molar-refractivity contribution in [1.29, 1.82) is 5.26 Å². The predicted octanol–water partition coefficient (Wildman–Crippen LogP) is 11.5. The molecule has 0 saturated carbocycles. The van der Waals surface area contributed by atoms with Crippen LogP contribution in [0, 0.1) is 11.3 Å². The van der Waals surface area contributed by atoms with Gasteiger partial charge >= 0.3 is 0 Å². The van der Waals surface area contributed by atoms with E-state index in [0.717, 1.165) is 61.1 Å². The third-order valence-electron chi connectivity index (χ3n) is 10.2. The molecule has 0 saturated heterocycles. The number of aromatic nitrogens is 3. The van der Waals surface area contributed by atoms with E-state index in [1.54, 1.807) is 6.20 Å². The van der Waals surface area contributed by atoms with Gasteiger partial charge in [-0.1, -0.05) is 117 Å². The van der Waals surface area contributed by atoms with Gasteiger partial charge in [-0.05, 0) is 86.8 Å². The molecule has 0 radical (unpaired) electrons. The summed E-state index contributed by atoms with van der Waals surface area (Å²) in [4.78, 5) is 14.7. The standard InChI is InChI=1S/C47H32N4/c1-47(2)41-21-20-38-33(28-48)15-9-17-39(38)45(41)40-19-18-32(26-42(40)47)35-23-36(34-16-10-22-49-29-34)25-37(24-35)44-27-43(30-11-5-3-6-12-30)50-46(51-44)31-13-7-4-8-14-31/h3-27,29H,1-2H3. The lowest BCUT2D eigenvalue weighted by Crippen LogP contribution is -2.15. The molecule has 8 aromatic rings. The van der Waals surface area contributed by atoms with Crippen LogP contribution in [0.1, 0.15) is 30.5 Å². The molecule has 6 aromatic carbocycles. The van der Waals surface area contributed by atoms with Crippen molar-refractivity contribution in [2.75, 3.05) is 0 Å². The lowest BCUT2D eigenvalue weighted by Gasteiger charge is -2.22. The Hall–Kier alpha value is -6.70.